The Morgan fingerprint density at radius 2 is 1.86 bits per heavy atom. The quantitative estimate of drug-likeness (QED) is 0.741. The van der Waals surface area contributed by atoms with Crippen LogP contribution in [-0.4, -0.2) is 6.61 Å². The van der Waals surface area contributed by atoms with Gasteiger partial charge in [-0.3, -0.25) is 0 Å². The van der Waals surface area contributed by atoms with Gasteiger partial charge in [-0.2, -0.15) is 0 Å². The van der Waals surface area contributed by atoms with E-state index in [0.29, 0.717) is 5.92 Å². The molecule has 2 aromatic rings. The Labute approximate surface area is 132 Å². The Kier molecular flexibility index (Phi) is 5.94. The van der Waals surface area contributed by atoms with E-state index in [1.807, 2.05) is 36.4 Å². The van der Waals surface area contributed by atoms with Crippen molar-refractivity contribution in [3.63, 3.8) is 0 Å². The summed E-state index contributed by atoms with van der Waals surface area (Å²) >= 11 is 5.88. The molecule has 0 bridgehead atoms. The van der Waals surface area contributed by atoms with Crippen LogP contribution in [0.4, 0.5) is 5.69 Å². The van der Waals surface area contributed by atoms with Crippen LogP contribution in [0.5, 0.6) is 5.75 Å². The van der Waals surface area contributed by atoms with Crippen molar-refractivity contribution < 1.29 is 4.74 Å². The molecule has 112 valence electrons. The van der Waals surface area contributed by atoms with Crippen molar-refractivity contribution in [2.24, 2.45) is 5.92 Å². The second kappa shape index (κ2) is 7.94. The maximum atomic E-state index is 5.88. The van der Waals surface area contributed by atoms with Gasteiger partial charge < -0.3 is 10.1 Å². The molecule has 0 aromatic heterocycles. The summed E-state index contributed by atoms with van der Waals surface area (Å²) in [6.45, 7) is 5.94. The van der Waals surface area contributed by atoms with Gasteiger partial charge in [-0.25, -0.2) is 0 Å². The molecule has 0 atom stereocenters. The molecule has 2 nitrogen and oxygen atoms in total. The van der Waals surface area contributed by atoms with Crippen LogP contribution >= 0.6 is 11.6 Å². The third-order valence-corrected chi connectivity index (χ3v) is 3.46. The number of ether oxygens (including phenoxy) is 1. The predicted molar refractivity (Wildman–Crippen MR) is 90.2 cm³/mol. The molecular weight excluding hydrogens is 282 g/mol. The summed E-state index contributed by atoms with van der Waals surface area (Å²) < 4.78 is 5.78. The average molecular weight is 304 g/mol. The number of halogens is 1. The van der Waals surface area contributed by atoms with Crippen molar-refractivity contribution in [2.75, 3.05) is 11.9 Å². The van der Waals surface area contributed by atoms with Gasteiger partial charge in [0.25, 0.3) is 0 Å². The summed E-state index contributed by atoms with van der Waals surface area (Å²) in [6.07, 6.45) is 1.08. The van der Waals surface area contributed by atoms with Crippen LogP contribution in [-0.2, 0) is 6.54 Å². The maximum Gasteiger partial charge on any atom is 0.119 e. The van der Waals surface area contributed by atoms with Gasteiger partial charge in [-0.05, 0) is 54.3 Å². The van der Waals surface area contributed by atoms with Crippen LogP contribution in [0.1, 0.15) is 25.8 Å². The average Bonchev–Trinajstić information content (AvgIpc) is 2.47. The molecule has 0 spiro atoms. The normalized spacial score (nSPS) is 10.7. The maximum absolute atomic E-state index is 5.88. The van der Waals surface area contributed by atoms with Gasteiger partial charge in [-0.15, -0.1) is 0 Å². The highest BCUT2D eigenvalue weighted by Gasteiger charge is 1.99. The smallest absolute Gasteiger partial charge is 0.119 e. The molecule has 0 aliphatic rings. The van der Waals surface area contributed by atoms with Crippen molar-refractivity contribution >= 4 is 17.3 Å². The second-order valence-electron chi connectivity index (χ2n) is 5.54. The number of benzene rings is 2. The lowest BCUT2D eigenvalue weighted by molar-refractivity contribution is 0.289. The Morgan fingerprint density at radius 3 is 2.57 bits per heavy atom. The highest BCUT2D eigenvalue weighted by molar-refractivity contribution is 6.30. The minimum Gasteiger partial charge on any atom is -0.494 e. The summed E-state index contributed by atoms with van der Waals surface area (Å²) in [5, 5.41) is 4.13. The third kappa shape index (κ3) is 5.68. The fraction of sp³-hybridized carbons (Fsp3) is 0.333. The highest BCUT2D eigenvalue weighted by atomic mass is 35.5. The van der Waals surface area contributed by atoms with E-state index in [0.717, 1.165) is 36.0 Å². The van der Waals surface area contributed by atoms with E-state index in [4.69, 9.17) is 16.3 Å². The first-order valence-electron chi connectivity index (χ1n) is 7.34. The second-order valence-corrected chi connectivity index (χ2v) is 5.98. The zero-order chi connectivity index (χ0) is 15.1. The number of rotatable bonds is 7. The number of hydrogen-bond acceptors (Lipinski definition) is 2. The largest absolute Gasteiger partial charge is 0.494 e. The lowest BCUT2D eigenvalue weighted by Gasteiger charge is -2.10. The van der Waals surface area contributed by atoms with E-state index < -0.39 is 0 Å². The molecule has 1 N–H and O–H groups in total. The summed E-state index contributed by atoms with van der Waals surface area (Å²) in [5.74, 6) is 1.60. The number of hydrogen-bond donors (Lipinski definition) is 1. The molecule has 0 radical (unpaired) electrons. The molecule has 3 heteroatoms. The van der Waals surface area contributed by atoms with Crippen LogP contribution in [0.15, 0.2) is 48.5 Å². The molecule has 0 amide bonds. The summed E-state index contributed by atoms with van der Waals surface area (Å²) in [6, 6.07) is 15.9. The molecule has 21 heavy (non-hydrogen) atoms. The molecule has 2 aromatic carbocycles. The van der Waals surface area contributed by atoms with Crippen molar-refractivity contribution in [1.29, 1.82) is 0 Å². The van der Waals surface area contributed by atoms with E-state index in [9.17, 15) is 0 Å². The molecule has 0 heterocycles. The fourth-order valence-corrected chi connectivity index (χ4v) is 2.06. The predicted octanol–water partition coefficient (Wildman–Crippen LogP) is 5.38. The minimum atomic E-state index is 0.666. The molecule has 0 unspecified atom stereocenters. The standard InChI is InChI=1S/C18H22ClNO/c1-14(2)10-11-21-18-5-3-4-15(12-18)13-20-17-8-6-16(19)7-9-17/h3-9,12,14,20H,10-11,13H2,1-2H3. The molecule has 0 fully saturated rings. The third-order valence-electron chi connectivity index (χ3n) is 3.20. The SMILES string of the molecule is CC(C)CCOc1cccc(CNc2ccc(Cl)cc2)c1. The van der Waals surface area contributed by atoms with Gasteiger partial charge in [0.05, 0.1) is 6.61 Å². The van der Waals surface area contributed by atoms with E-state index in [1.54, 1.807) is 0 Å². The van der Waals surface area contributed by atoms with Crippen LogP contribution in [0.3, 0.4) is 0 Å². The summed E-state index contributed by atoms with van der Waals surface area (Å²) in [4.78, 5) is 0. The van der Waals surface area contributed by atoms with Gasteiger partial charge in [-0.1, -0.05) is 37.6 Å². The van der Waals surface area contributed by atoms with E-state index in [2.05, 4.69) is 31.3 Å². The zero-order valence-corrected chi connectivity index (χ0v) is 13.4. The van der Waals surface area contributed by atoms with E-state index in [-0.39, 0.29) is 0 Å². The Bertz CT molecular complexity index is 551. The molecule has 0 aliphatic carbocycles. The number of nitrogens with one attached hydrogen (secondary N) is 1. The fourth-order valence-electron chi connectivity index (χ4n) is 1.93. The topological polar surface area (TPSA) is 21.3 Å². The zero-order valence-electron chi connectivity index (χ0n) is 12.6. The Morgan fingerprint density at radius 1 is 1.10 bits per heavy atom. The van der Waals surface area contributed by atoms with Crippen LogP contribution in [0.2, 0.25) is 5.02 Å². The summed E-state index contributed by atoms with van der Waals surface area (Å²) in [5.41, 5.74) is 2.26. The number of anilines is 1. The lowest BCUT2D eigenvalue weighted by Crippen LogP contribution is -2.03. The van der Waals surface area contributed by atoms with Gasteiger partial charge in [0.1, 0.15) is 5.75 Å². The monoisotopic (exact) mass is 303 g/mol. The van der Waals surface area contributed by atoms with Crippen molar-refractivity contribution in [3.05, 3.63) is 59.1 Å². The van der Waals surface area contributed by atoms with Gasteiger partial charge in [0.2, 0.25) is 0 Å². The molecule has 0 saturated heterocycles. The molecule has 0 aliphatic heterocycles. The summed E-state index contributed by atoms with van der Waals surface area (Å²) in [7, 11) is 0. The van der Waals surface area contributed by atoms with Gasteiger partial charge >= 0.3 is 0 Å². The van der Waals surface area contributed by atoms with Crippen LogP contribution in [0.25, 0.3) is 0 Å². The van der Waals surface area contributed by atoms with Gasteiger partial charge in [0, 0.05) is 17.3 Å². The molecule has 0 saturated carbocycles. The van der Waals surface area contributed by atoms with E-state index >= 15 is 0 Å². The first-order valence-corrected chi connectivity index (χ1v) is 7.72. The molecular formula is C18H22ClNO. The molecule has 2 rings (SSSR count). The lowest BCUT2D eigenvalue weighted by atomic mass is 10.1. The van der Waals surface area contributed by atoms with Crippen molar-refractivity contribution in [3.8, 4) is 5.75 Å². The van der Waals surface area contributed by atoms with Crippen molar-refractivity contribution in [2.45, 2.75) is 26.8 Å². The first kappa shape index (κ1) is 15.7. The first-order chi connectivity index (χ1) is 10.1. The van der Waals surface area contributed by atoms with E-state index in [1.165, 1.54) is 5.56 Å². The van der Waals surface area contributed by atoms with Crippen LogP contribution in [0, 0.1) is 5.92 Å². The Balaban J connectivity index is 1.87. The van der Waals surface area contributed by atoms with Crippen molar-refractivity contribution in [1.82, 2.24) is 0 Å². The van der Waals surface area contributed by atoms with Crippen LogP contribution < -0.4 is 10.1 Å². The minimum absolute atomic E-state index is 0.666. The van der Waals surface area contributed by atoms with Gasteiger partial charge in [0.15, 0.2) is 0 Å². The Hall–Kier alpha value is -1.67. The highest BCUT2D eigenvalue weighted by Crippen LogP contribution is 2.17.